The molecule has 188 valence electrons. The lowest BCUT2D eigenvalue weighted by atomic mass is 9.98. The van der Waals surface area contributed by atoms with Crippen LogP contribution in [-0.4, -0.2) is 64.1 Å². The van der Waals surface area contributed by atoms with Crippen LogP contribution in [-0.2, 0) is 20.9 Å². The van der Waals surface area contributed by atoms with E-state index in [1.807, 2.05) is 76.2 Å². The fraction of sp³-hybridized carbons (Fsp3) is 0.462. The highest BCUT2D eigenvalue weighted by Crippen LogP contribution is 2.26. The highest BCUT2D eigenvalue weighted by molar-refractivity contribution is 5.89. The number of rotatable bonds is 12. The van der Waals surface area contributed by atoms with E-state index in [2.05, 4.69) is 15.6 Å². The van der Waals surface area contributed by atoms with Gasteiger partial charge in [-0.05, 0) is 57.0 Å². The van der Waals surface area contributed by atoms with Gasteiger partial charge in [0.2, 0.25) is 11.8 Å². The van der Waals surface area contributed by atoms with Crippen LogP contribution in [0.15, 0.2) is 48.5 Å². The van der Waals surface area contributed by atoms with Gasteiger partial charge < -0.3 is 19.7 Å². The molecule has 0 radical (unpaired) electrons. The molecule has 1 aromatic heterocycles. The number of para-hydroxylation sites is 1. The van der Waals surface area contributed by atoms with Gasteiger partial charge in [-0.15, -0.1) is 5.10 Å². The second-order valence-electron chi connectivity index (χ2n) is 8.95. The van der Waals surface area contributed by atoms with Crippen LogP contribution >= 0.6 is 0 Å². The van der Waals surface area contributed by atoms with Crippen molar-refractivity contribution >= 4 is 22.8 Å². The number of nitrogens with one attached hydrogen (secondary N) is 1. The van der Waals surface area contributed by atoms with Crippen LogP contribution in [0.25, 0.3) is 11.0 Å². The Morgan fingerprint density at radius 1 is 1.11 bits per heavy atom. The van der Waals surface area contributed by atoms with Gasteiger partial charge in [-0.2, -0.15) is 0 Å². The summed E-state index contributed by atoms with van der Waals surface area (Å²) >= 11 is 0. The second kappa shape index (κ2) is 11.8. The molecule has 9 heteroatoms. The lowest BCUT2D eigenvalue weighted by molar-refractivity contribution is -0.142. The molecular formula is C26H35N5O4. The Morgan fingerprint density at radius 3 is 2.49 bits per heavy atom. The molecule has 2 aromatic carbocycles. The molecule has 35 heavy (non-hydrogen) atoms. The Labute approximate surface area is 206 Å². The molecule has 1 heterocycles. The molecule has 1 atom stereocenters. The van der Waals surface area contributed by atoms with E-state index in [1.165, 1.54) is 0 Å². The number of benzene rings is 2. The van der Waals surface area contributed by atoms with E-state index in [0.717, 1.165) is 11.9 Å². The topological polar surface area (TPSA) is 98.6 Å². The van der Waals surface area contributed by atoms with Crippen LogP contribution in [0.5, 0.6) is 5.75 Å². The minimum Gasteiger partial charge on any atom is -0.494 e. The summed E-state index contributed by atoms with van der Waals surface area (Å²) in [5, 5.41) is 11.4. The summed E-state index contributed by atoms with van der Waals surface area (Å²) in [4.78, 5) is 28.9. The van der Waals surface area contributed by atoms with E-state index in [9.17, 15) is 9.59 Å². The number of amides is 2. The minimum atomic E-state index is -0.853. The van der Waals surface area contributed by atoms with Crippen LogP contribution in [0.3, 0.4) is 0 Å². The van der Waals surface area contributed by atoms with Crippen molar-refractivity contribution in [1.82, 2.24) is 25.2 Å². The Kier molecular flexibility index (Phi) is 8.81. The van der Waals surface area contributed by atoms with E-state index in [0.29, 0.717) is 23.4 Å². The maximum absolute atomic E-state index is 13.7. The standard InChI is InChI=1S/C26H35N5O4/c1-6-26(3,4)27-25(33)24(19-12-14-20(15-13-19)35-7-2)30(16-17-34-5)23(32)18-31-22-11-9-8-10-21(22)28-29-31/h8-15,24H,6-7,16-18H2,1-5H3,(H,27,33)/t24-/m1/s1. The molecule has 3 rings (SSSR count). The van der Waals surface area contributed by atoms with Crippen LogP contribution in [0, 0.1) is 0 Å². The SMILES string of the molecule is CCOc1ccc([C@H](C(=O)NC(C)(C)CC)N(CCOC)C(=O)Cn2nnc3ccccc32)cc1. The molecule has 0 saturated carbocycles. The van der Waals surface area contributed by atoms with Crippen molar-refractivity contribution in [2.24, 2.45) is 0 Å². The predicted octanol–water partition coefficient (Wildman–Crippen LogP) is 3.35. The molecule has 0 saturated heterocycles. The van der Waals surface area contributed by atoms with Crippen molar-refractivity contribution < 1.29 is 19.1 Å². The molecule has 0 spiro atoms. The first-order valence-corrected chi connectivity index (χ1v) is 11.9. The number of carbonyl (C=O) groups is 2. The van der Waals surface area contributed by atoms with Gasteiger partial charge in [-0.25, -0.2) is 4.68 Å². The van der Waals surface area contributed by atoms with Gasteiger partial charge in [0.25, 0.3) is 0 Å². The van der Waals surface area contributed by atoms with E-state index in [1.54, 1.807) is 16.7 Å². The third-order valence-electron chi connectivity index (χ3n) is 5.97. The zero-order valence-corrected chi connectivity index (χ0v) is 21.2. The number of hydrogen-bond acceptors (Lipinski definition) is 6. The zero-order valence-electron chi connectivity index (χ0n) is 21.2. The van der Waals surface area contributed by atoms with Crippen LogP contribution in [0.4, 0.5) is 0 Å². The molecule has 0 aliphatic carbocycles. The molecule has 0 fully saturated rings. The largest absolute Gasteiger partial charge is 0.494 e. The molecule has 0 bridgehead atoms. The Hall–Kier alpha value is -3.46. The highest BCUT2D eigenvalue weighted by Gasteiger charge is 2.34. The third-order valence-corrected chi connectivity index (χ3v) is 5.97. The molecule has 3 aromatic rings. The smallest absolute Gasteiger partial charge is 0.247 e. The number of methoxy groups -OCH3 is 1. The van der Waals surface area contributed by atoms with Gasteiger partial charge in [0.1, 0.15) is 23.9 Å². The zero-order chi connectivity index (χ0) is 25.4. The Morgan fingerprint density at radius 2 is 1.83 bits per heavy atom. The lowest BCUT2D eigenvalue weighted by Crippen LogP contribution is -2.51. The first-order valence-electron chi connectivity index (χ1n) is 11.9. The van der Waals surface area contributed by atoms with Crippen molar-refractivity contribution in [3.8, 4) is 5.75 Å². The monoisotopic (exact) mass is 481 g/mol. The van der Waals surface area contributed by atoms with Gasteiger partial charge in [0.15, 0.2) is 0 Å². The molecule has 2 amide bonds. The number of carbonyl (C=O) groups excluding carboxylic acids is 2. The molecule has 0 aliphatic heterocycles. The fourth-order valence-electron chi connectivity index (χ4n) is 3.72. The van der Waals surface area contributed by atoms with Crippen molar-refractivity contribution in [3.63, 3.8) is 0 Å². The van der Waals surface area contributed by atoms with E-state index in [4.69, 9.17) is 9.47 Å². The van der Waals surface area contributed by atoms with Crippen molar-refractivity contribution in [3.05, 3.63) is 54.1 Å². The number of hydrogen-bond donors (Lipinski definition) is 1. The van der Waals surface area contributed by atoms with E-state index in [-0.39, 0.29) is 31.5 Å². The van der Waals surface area contributed by atoms with Crippen LogP contribution < -0.4 is 10.1 Å². The molecule has 0 aliphatic rings. The van der Waals surface area contributed by atoms with E-state index >= 15 is 0 Å². The summed E-state index contributed by atoms with van der Waals surface area (Å²) in [6.07, 6.45) is 0.742. The van der Waals surface area contributed by atoms with Crippen molar-refractivity contribution in [2.45, 2.75) is 52.2 Å². The highest BCUT2D eigenvalue weighted by atomic mass is 16.5. The first-order chi connectivity index (χ1) is 16.8. The van der Waals surface area contributed by atoms with Crippen LogP contribution in [0.1, 0.15) is 45.7 Å². The fourth-order valence-corrected chi connectivity index (χ4v) is 3.72. The summed E-state index contributed by atoms with van der Waals surface area (Å²) in [7, 11) is 1.57. The average Bonchev–Trinajstić information content (AvgIpc) is 3.25. The Bertz CT molecular complexity index is 1130. The summed E-state index contributed by atoms with van der Waals surface area (Å²) in [6.45, 7) is 8.85. The van der Waals surface area contributed by atoms with Gasteiger partial charge in [-0.3, -0.25) is 9.59 Å². The molecule has 1 N–H and O–H groups in total. The maximum atomic E-state index is 13.7. The quantitative estimate of drug-likeness (QED) is 0.426. The minimum absolute atomic E-state index is 0.0534. The lowest BCUT2D eigenvalue weighted by Gasteiger charge is -2.34. The van der Waals surface area contributed by atoms with Gasteiger partial charge in [0, 0.05) is 19.2 Å². The number of aromatic nitrogens is 3. The average molecular weight is 482 g/mol. The molecule has 0 unspecified atom stereocenters. The summed E-state index contributed by atoms with van der Waals surface area (Å²) in [5.74, 6) is 0.183. The molecular weight excluding hydrogens is 446 g/mol. The third kappa shape index (κ3) is 6.57. The summed E-state index contributed by atoms with van der Waals surface area (Å²) < 4.78 is 12.4. The van der Waals surface area contributed by atoms with Gasteiger partial charge in [0.05, 0.1) is 18.7 Å². The maximum Gasteiger partial charge on any atom is 0.247 e. The molecule has 9 nitrogen and oxygen atoms in total. The van der Waals surface area contributed by atoms with E-state index < -0.39 is 11.6 Å². The van der Waals surface area contributed by atoms with Crippen molar-refractivity contribution in [1.29, 1.82) is 0 Å². The van der Waals surface area contributed by atoms with Crippen LogP contribution in [0.2, 0.25) is 0 Å². The number of ether oxygens (including phenoxy) is 2. The predicted molar refractivity (Wildman–Crippen MR) is 134 cm³/mol. The summed E-state index contributed by atoms with van der Waals surface area (Å²) in [6, 6.07) is 13.9. The first kappa shape index (κ1) is 26.2. The Balaban J connectivity index is 1.98. The van der Waals surface area contributed by atoms with Gasteiger partial charge in [-0.1, -0.05) is 36.4 Å². The number of fused-ring (bicyclic) bond motifs is 1. The second-order valence-corrected chi connectivity index (χ2v) is 8.95. The number of nitrogens with zero attached hydrogens (tertiary/aromatic N) is 4. The normalized spacial score (nSPS) is 12.4. The van der Waals surface area contributed by atoms with Crippen molar-refractivity contribution in [2.75, 3.05) is 26.9 Å². The van der Waals surface area contributed by atoms with Gasteiger partial charge >= 0.3 is 0 Å². The summed E-state index contributed by atoms with van der Waals surface area (Å²) in [5.41, 5.74) is 1.71.